The Morgan fingerprint density at radius 2 is 1.79 bits per heavy atom. The van der Waals surface area contributed by atoms with Gasteiger partial charge >= 0.3 is 0 Å². The van der Waals surface area contributed by atoms with Gasteiger partial charge in [-0.25, -0.2) is 8.78 Å². The number of anilines is 1. The largest absolute Gasteiger partial charge is 0.399 e. The lowest BCUT2D eigenvalue weighted by atomic mass is 10.1. The second-order valence-electron chi connectivity index (χ2n) is 2.85. The molecule has 0 aliphatic carbocycles. The van der Waals surface area contributed by atoms with Crippen molar-refractivity contribution in [1.29, 1.82) is 0 Å². The van der Waals surface area contributed by atoms with Crippen molar-refractivity contribution in [2.24, 2.45) is 0 Å². The highest BCUT2D eigenvalue weighted by molar-refractivity contribution is 5.44. The van der Waals surface area contributed by atoms with Gasteiger partial charge in [-0.15, -0.1) is 0 Å². The molecule has 0 bridgehead atoms. The lowest BCUT2D eigenvalue weighted by Gasteiger charge is -2.03. The first-order chi connectivity index (χ1) is 6.58. The molecule has 0 saturated carbocycles. The highest BCUT2D eigenvalue weighted by Gasteiger charge is 2.04. The molecule has 0 aliphatic heterocycles. The minimum atomic E-state index is -2.30. The molecule has 0 atom stereocenters. The second kappa shape index (κ2) is 6.35. The van der Waals surface area contributed by atoms with Crippen molar-refractivity contribution in [2.75, 3.05) is 5.73 Å². The fourth-order valence-electron chi connectivity index (χ4n) is 1.19. The fraction of sp³-hybridized carbons (Fsp3) is 0.455. The van der Waals surface area contributed by atoms with Crippen molar-refractivity contribution in [2.45, 2.75) is 33.6 Å². The molecule has 80 valence electrons. The van der Waals surface area contributed by atoms with Crippen molar-refractivity contribution in [1.82, 2.24) is 0 Å². The van der Waals surface area contributed by atoms with E-state index in [2.05, 4.69) is 0 Å². The van der Waals surface area contributed by atoms with Gasteiger partial charge in [-0.1, -0.05) is 19.9 Å². The van der Waals surface area contributed by atoms with Gasteiger partial charge in [-0.2, -0.15) is 0 Å². The summed E-state index contributed by atoms with van der Waals surface area (Å²) >= 11 is 0. The molecule has 1 aromatic rings. The van der Waals surface area contributed by atoms with Crippen LogP contribution in [0.2, 0.25) is 0 Å². The molecule has 1 rings (SSSR count). The van der Waals surface area contributed by atoms with E-state index in [9.17, 15) is 8.78 Å². The normalized spacial score (nSPS) is 9.57. The van der Waals surface area contributed by atoms with Gasteiger partial charge < -0.3 is 5.73 Å². The molecule has 0 heterocycles. The summed E-state index contributed by atoms with van der Waals surface area (Å²) in [6.07, 6.45) is -2.52. The third-order valence-electron chi connectivity index (χ3n) is 1.55. The lowest BCUT2D eigenvalue weighted by molar-refractivity contribution is 0.149. The molecule has 0 amide bonds. The average Bonchev–Trinajstić information content (AvgIpc) is 2.04. The van der Waals surface area contributed by atoms with E-state index in [-0.39, 0.29) is 6.42 Å². The Balaban J connectivity index is 0.000000791. The predicted molar refractivity (Wildman–Crippen MR) is 56.6 cm³/mol. The first-order valence-electron chi connectivity index (χ1n) is 4.72. The molecule has 14 heavy (non-hydrogen) atoms. The Labute approximate surface area is 83.9 Å². The summed E-state index contributed by atoms with van der Waals surface area (Å²) in [5.74, 6) is 0. The molecule has 2 N–H and O–H groups in total. The van der Waals surface area contributed by atoms with Crippen LogP contribution in [0.5, 0.6) is 0 Å². The van der Waals surface area contributed by atoms with Crippen LogP contribution >= 0.6 is 0 Å². The fourth-order valence-corrected chi connectivity index (χ4v) is 1.19. The van der Waals surface area contributed by atoms with E-state index in [0.29, 0.717) is 11.3 Å². The highest BCUT2D eigenvalue weighted by Crippen LogP contribution is 2.14. The summed E-state index contributed by atoms with van der Waals surface area (Å²) in [6, 6.07) is 5.07. The van der Waals surface area contributed by atoms with Gasteiger partial charge in [0.05, 0.1) is 0 Å². The highest BCUT2D eigenvalue weighted by atomic mass is 19.3. The van der Waals surface area contributed by atoms with Gasteiger partial charge in [-0.3, -0.25) is 0 Å². The van der Waals surface area contributed by atoms with Gasteiger partial charge in [0, 0.05) is 12.1 Å². The average molecular weight is 201 g/mol. The molecular weight excluding hydrogens is 184 g/mol. The van der Waals surface area contributed by atoms with E-state index in [1.807, 2.05) is 20.8 Å². The first kappa shape index (κ1) is 12.9. The molecule has 0 aromatic heterocycles. The molecule has 0 radical (unpaired) electrons. The third-order valence-corrected chi connectivity index (χ3v) is 1.55. The van der Waals surface area contributed by atoms with E-state index in [4.69, 9.17) is 5.73 Å². The predicted octanol–water partition coefficient (Wildman–Crippen LogP) is 3.41. The number of halogens is 2. The van der Waals surface area contributed by atoms with Crippen LogP contribution in [-0.2, 0) is 6.42 Å². The van der Waals surface area contributed by atoms with Gasteiger partial charge in [-0.05, 0) is 30.2 Å². The van der Waals surface area contributed by atoms with E-state index < -0.39 is 6.43 Å². The van der Waals surface area contributed by atoms with Crippen LogP contribution in [0.15, 0.2) is 18.2 Å². The molecule has 0 aliphatic rings. The third kappa shape index (κ3) is 4.80. The summed E-state index contributed by atoms with van der Waals surface area (Å²) in [5, 5.41) is 0. The summed E-state index contributed by atoms with van der Waals surface area (Å²) in [5.41, 5.74) is 7.56. The van der Waals surface area contributed by atoms with Crippen LogP contribution in [0.3, 0.4) is 0 Å². The van der Waals surface area contributed by atoms with E-state index in [0.717, 1.165) is 5.56 Å². The van der Waals surface area contributed by atoms with Crippen molar-refractivity contribution in [3.63, 3.8) is 0 Å². The maximum atomic E-state index is 11.9. The van der Waals surface area contributed by atoms with Gasteiger partial charge in [0.25, 0.3) is 0 Å². The summed E-state index contributed by atoms with van der Waals surface area (Å²) in [6.45, 7) is 5.84. The lowest BCUT2D eigenvalue weighted by Crippen LogP contribution is -1.98. The number of benzene rings is 1. The van der Waals surface area contributed by atoms with E-state index in [1.165, 1.54) is 0 Å². The molecule has 1 aromatic carbocycles. The minimum absolute atomic E-state index is 0.216. The Morgan fingerprint density at radius 3 is 2.21 bits per heavy atom. The van der Waals surface area contributed by atoms with Gasteiger partial charge in [0.1, 0.15) is 0 Å². The van der Waals surface area contributed by atoms with E-state index >= 15 is 0 Å². The monoisotopic (exact) mass is 201 g/mol. The zero-order valence-corrected chi connectivity index (χ0v) is 8.85. The zero-order chi connectivity index (χ0) is 11.1. The van der Waals surface area contributed by atoms with Gasteiger partial charge in [0.15, 0.2) is 0 Å². The second-order valence-corrected chi connectivity index (χ2v) is 2.85. The number of rotatable bonds is 2. The Kier molecular flexibility index (Phi) is 5.84. The van der Waals surface area contributed by atoms with Crippen molar-refractivity contribution < 1.29 is 8.78 Å². The number of alkyl halides is 2. The first-order valence-corrected chi connectivity index (χ1v) is 4.72. The molecule has 0 unspecified atom stereocenters. The van der Waals surface area contributed by atoms with Gasteiger partial charge in [0.2, 0.25) is 6.43 Å². The summed E-state index contributed by atoms with van der Waals surface area (Å²) in [4.78, 5) is 0. The SMILES string of the molecule is CC.Cc1cc(N)cc(CC(F)F)c1. The molecule has 3 heteroatoms. The molecule has 1 nitrogen and oxygen atoms in total. The summed E-state index contributed by atoms with van der Waals surface area (Å²) in [7, 11) is 0. The van der Waals surface area contributed by atoms with Crippen LogP contribution in [0.4, 0.5) is 14.5 Å². The smallest absolute Gasteiger partial charge is 0.242 e. The van der Waals surface area contributed by atoms with Crippen LogP contribution < -0.4 is 5.73 Å². The maximum absolute atomic E-state index is 11.9. The molecule has 0 saturated heterocycles. The van der Waals surface area contributed by atoms with Crippen LogP contribution in [-0.4, -0.2) is 6.43 Å². The Bertz CT molecular complexity index is 252. The van der Waals surface area contributed by atoms with Crippen LogP contribution in [0.1, 0.15) is 25.0 Å². The topological polar surface area (TPSA) is 26.0 Å². The standard InChI is InChI=1S/C9H11F2N.C2H6/c1-6-2-7(5-9(10)11)4-8(12)3-6;1-2/h2-4,9H,5,12H2,1H3;1-2H3. The van der Waals surface area contributed by atoms with Crippen LogP contribution in [0, 0.1) is 6.92 Å². The van der Waals surface area contributed by atoms with E-state index in [1.54, 1.807) is 18.2 Å². The minimum Gasteiger partial charge on any atom is -0.399 e. The maximum Gasteiger partial charge on any atom is 0.242 e. The zero-order valence-electron chi connectivity index (χ0n) is 8.85. The number of hydrogen-bond donors (Lipinski definition) is 1. The Hall–Kier alpha value is -1.12. The number of nitrogen functional groups attached to an aromatic ring is 1. The van der Waals surface area contributed by atoms with Crippen molar-refractivity contribution in [3.8, 4) is 0 Å². The number of nitrogens with two attached hydrogens (primary N) is 1. The molecular formula is C11H17F2N. The number of aryl methyl sites for hydroxylation is 1. The Morgan fingerprint density at radius 1 is 1.21 bits per heavy atom. The number of hydrogen-bond acceptors (Lipinski definition) is 1. The quantitative estimate of drug-likeness (QED) is 0.729. The van der Waals surface area contributed by atoms with Crippen LogP contribution in [0.25, 0.3) is 0 Å². The summed E-state index contributed by atoms with van der Waals surface area (Å²) < 4.78 is 23.9. The van der Waals surface area contributed by atoms with Crippen molar-refractivity contribution in [3.05, 3.63) is 29.3 Å². The molecule has 0 fully saturated rings. The van der Waals surface area contributed by atoms with Crippen molar-refractivity contribution >= 4 is 5.69 Å². The molecule has 0 spiro atoms.